The highest BCUT2D eigenvalue weighted by Crippen LogP contribution is 2.36. The second kappa shape index (κ2) is 25.0. The quantitative estimate of drug-likeness (QED) is 0.257. The predicted molar refractivity (Wildman–Crippen MR) is 146 cm³/mol. The molecule has 1 saturated carbocycles. The third-order valence-corrected chi connectivity index (χ3v) is 5.77. The standard InChI is InChI=1S/C14H26.C12H18.C3H6.C2H6/c1-4-5-8-13-9-6-7-10-14(13)11-12(2)3;1-2-3-4-6-9-12-10-7-5-8-11-12;1-3-2;1-2/h13-14H,2,4-11H2,1,3H3;5,7-8,10-11H,2-4,6,9H2,1H3;3H,1H2,2H3;1-2H3. The molecule has 180 valence electrons. The van der Waals surface area contributed by atoms with Gasteiger partial charge in [0.05, 0.1) is 0 Å². The Hall–Kier alpha value is -1.30. The van der Waals surface area contributed by atoms with Crippen molar-refractivity contribution in [3.05, 3.63) is 60.7 Å². The number of unbranched alkanes of at least 4 members (excludes halogenated alkanes) is 4. The first-order valence-corrected chi connectivity index (χ1v) is 13.3. The number of allylic oxidation sites excluding steroid dienone is 2. The first kappa shape index (κ1) is 31.9. The van der Waals surface area contributed by atoms with Gasteiger partial charge in [0.2, 0.25) is 0 Å². The van der Waals surface area contributed by atoms with E-state index in [4.69, 9.17) is 0 Å². The molecule has 1 fully saturated rings. The molecule has 31 heavy (non-hydrogen) atoms. The van der Waals surface area contributed by atoms with Crippen LogP contribution >= 0.6 is 0 Å². The summed E-state index contributed by atoms with van der Waals surface area (Å²) in [6, 6.07) is 10.7. The Kier molecular flexibility index (Phi) is 25.7. The lowest BCUT2D eigenvalue weighted by atomic mass is 9.74. The maximum atomic E-state index is 4.06. The van der Waals surface area contributed by atoms with Crippen LogP contribution in [0.25, 0.3) is 0 Å². The zero-order valence-electron chi connectivity index (χ0n) is 22.2. The molecule has 2 rings (SSSR count). The number of hydrogen-bond donors (Lipinski definition) is 0. The topological polar surface area (TPSA) is 0 Å². The Morgan fingerprint density at radius 2 is 1.45 bits per heavy atom. The van der Waals surface area contributed by atoms with Crippen molar-refractivity contribution in [3.8, 4) is 0 Å². The molecule has 0 aromatic heterocycles. The molecule has 2 unspecified atom stereocenters. The summed E-state index contributed by atoms with van der Waals surface area (Å²) in [6.45, 7) is 20.1. The van der Waals surface area contributed by atoms with Crippen molar-refractivity contribution in [3.63, 3.8) is 0 Å². The highest BCUT2D eigenvalue weighted by Gasteiger charge is 2.24. The minimum absolute atomic E-state index is 0.966. The minimum Gasteiger partial charge on any atom is -0.103 e. The second-order valence-electron chi connectivity index (χ2n) is 8.81. The Balaban J connectivity index is 0. The van der Waals surface area contributed by atoms with Crippen LogP contribution in [0, 0.1) is 11.8 Å². The van der Waals surface area contributed by atoms with E-state index >= 15 is 0 Å². The fourth-order valence-corrected chi connectivity index (χ4v) is 4.25. The largest absolute Gasteiger partial charge is 0.103 e. The van der Waals surface area contributed by atoms with E-state index < -0.39 is 0 Å². The molecule has 2 atom stereocenters. The van der Waals surface area contributed by atoms with E-state index in [1.54, 1.807) is 6.08 Å². The van der Waals surface area contributed by atoms with Crippen LogP contribution < -0.4 is 0 Å². The van der Waals surface area contributed by atoms with Gasteiger partial charge >= 0.3 is 0 Å². The van der Waals surface area contributed by atoms with Gasteiger partial charge in [-0.1, -0.05) is 127 Å². The van der Waals surface area contributed by atoms with E-state index in [1.165, 1.54) is 94.6 Å². The summed E-state index contributed by atoms with van der Waals surface area (Å²) in [5, 5.41) is 0. The fraction of sp³-hybridized carbons (Fsp3) is 0.677. The summed E-state index contributed by atoms with van der Waals surface area (Å²) < 4.78 is 0. The Labute approximate surface area is 197 Å². The van der Waals surface area contributed by atoms with Gasteiger partial charge in [0.1, 0.15) is 0 Å². The second-order valence-corrected chi connectivity index (χ2v) is 8.81. The van der Waals surface area contributed by atoms with Gasteiger partial charge < -0.3 is 0 Å². The van der Waals surface area contributed by atoms with E-state index in [0.29, 0.717) is 0 Å². The lowest BCUT2D eigenvalue weighted by Gasteiger charge is -2.31. The van der Waals surface area contributed by atoms with Crippen molar-refractivity contribution in [2.75, 3.05) is 0 Å². The van der Waals surface area contributed by atoms with Gasteiger partial charge in [-0.15, -0.1) is 13.2 Å². The van der Waals surface area contributed by atoms with Crippen LogP contribution in [0.4, 0.5) is 0 Å². The lowest BCUT2D eigenvalue weighted by Crippen LogP contribution is -2.19. The monoisotopic (exact) mass is 428 g/mol. The number of aryl methyl sites for hydroxylation is 1. The van der Waals surface area contributed by atoms with E-state index in [9.17, 15) is 0 Å². The van der Waals surface area contributed by atoms with Crippen LogP contribution in [-0.2, 0) is 6.42 Å². The van der Waals surface area contributed by atoms with Crippen LogP contribution in [0.15, 0.2) is 55.1 Å². The van der Waals surface area contributed by atoms with E-state index in [1.807, 2.05) is 20.8 Å². The molecule has 0 heteroatoms. The summed E-state index contributed by atoms with van der Waals surface area (Å²) in [5.74, 6) is 1.98. The molecule has 0 aliphatic heterocycles. The first-order chi connectivity index (χ1) is 15.1. The fourth-order valence-electron chi connectivity index (χ4n) is 4.25. The van der Waals surface area contributed by atoms with Gasteiger partial charge in [-0.3, -0.25) is 0 Å². The Bertz CT molecular complexity index is 484. The third-order valence-electron chi connectivity index (χ3n) is 5.77. The van der Waals surface area contributed by atoms with Gasteiger partial charge in [0.15, 0.2) is 0 Å². The average molecular weight is 429 g/mol. The highest BCUT2D eigenvalue weighted by molar-refractivity contribution is 5.14. The smallest absolute Gasteiger partial charge is 0.0279 e. The van der Waals surface area contributed by atoms with Crippen molar-refractivity contribution in [1.29, 1.82) is 0 Å². The molecule has 0 bridgehead atoms. The van der Waals surface area contributed by atoms with Gasteiger partial charge in [-0.25, -0.2) is 0 Å². The molecule has 0 heterocycles. The molecule has 1 aliphatic rings. The van der Waals surface area contributed by atoms with Gasteiger partial charge in [-0.05, 0) is 56.9 Å². The average Bonchev–Trinajstić information content (AvgIpc) is 2.79. The Morgan fingerprint density at radius 1 is 0.903 bits per heavy atom. The molecule has 1 aromatic rings. The molecule has 0 saturated heterocycles. The van der Waals surface area contributed by atoms with Gasteiger partial charge in [-0.2, -0.15) is 0 Å². The van der Waals surface area contributed by atoms with Crippen molar-refractivity contribution >= 4 is 0 Å². The third kappa shape index (κ3) is 20.4. The summed E-state index contributed by atoms with van der Waals surface area (Å²) >= 11 is 0. The van der Waals surface area contributed by atoms with E-state index in [-0.39, 0.29) is 0 Å². The number of hydrogen-bond acceptors (Lipinski definition) is 0. The molecule has 0 N–H and O–H groups in total. The summed E-state index contributed by atoms with van der Waals surface area (Å²) in [4.78, 5) is 0. The van der Waals surface area contributed by atoms with Crippen LogP contribution in [0.1, 0.15) is 124 Å². The highest BCUT2D eigenvalue weighted by atomic mass is 14.3. The first-order valence-electron chi connectivity index (χ1n) is 13.3. The molecule has 0 nitrogen and oxygen atoms in total. The van der Waals surface area contributed by atoms with Crippen LogP contribution in [0.2, 0.25) is 0 Å². The zero-order valence-corrected chi connectivity index (χ0v) is 22.2. The zero-order chi connectivity index (χ0) is 23.7. The summed E-state index contributed by atoms with van der Waals surface area (Å²) in [5.41, 5.74) is 2.87. The number of rotatable bonds is 10. The van der Waals surface area contributed by atoms with Crippen molar-refractivity contribution in [2.24, 2.45) is 11.8 Å². The maximum absolute atomic E-state index is 4.06. The SMILES string of the molecule is C=C(C)CC1CCCCC1CCCC.C=CC.CC.CCCCCCc1ccccc1. The van der Waals surface area contributed by atoms with Gasteiger partial charge in [0, 0.05) is 0 Å². The predicted octanol–water partition coefficient (Wildman–Crippen LogP) is 11.0. The number of benzene rings is 1. The molecule has 0 amide bonds. The van der Waals surface area contributed by atoms with Crippen molar-refractivity contribution in [1.82, 2.24) is 0 Å². The summed E-state index contributed by atoms with van der Waals surface area (Å²) in [6.07, 6.45) is 19.9. The molecule has 0 spiro atoms. The maximum Gasteiger partial charge on any atom is -0.0279 e. The van der Waals surface area contributed by atoms with Crippen molar-refractivity contribution in [2.45, 2.75) is 125 Å². The molecular weight excluding hydrogens is 372 g/mol. The molecule has 0 radical (unpaired) electrons. The van der Waals surface area contributed by atoms with Gasteiger partial charge in [0.25, 0.3) is 0 Å². The molecule has 1 aliphatic carbocycles. The van der Waals surface area contributed by atoms with Crippen LogP contribution in [0.5, 0.6) is 0 Å². The van der Waals surface area contributed by atoms with Crippen LogP contribution in [-0.4, -0.2) is 0 Å². The van der Waals surface area contributed by atoms with Crippen molar-refractivity contribution < 1.29 is 0 Å². The molecule has 1 aromatic carbocycles. The summed E-state index contributed by atoms with van der Waals surface area (Å²) in [7, 11) is 0. The normalized spacial score (nSPS) is 17.0. The van der Waals surface area contributed by atoms with Crippen LogP contribution in [0.3, 0.4) is 0 Å². The van der Waals surface area contributed by atoms with E-state index in [2.05, 4.69) is 64.3 Å². The molecular formula is C31H56. The minimum atomic E-state index is 0.966. The Morgan fingerprint density at radius 3 is 1.97 bits per heavy atom. The van der Waals surface area contributed by atoms with E-state index in [0.717, 1.165) is 11.8 Å². The lowest BCUT2D eigenvalue weighted by molar-refractivity contribution is 0.218.